The lowest BCUT2D eigenvalue weighted by Crippen LogP contribution is -2.63. The van der Waals surface area contributed by atoms with E-state index in [9.17, 15) is 39.0 Å². The lowest BCUT2D eigenvalue weighted by Gasteiger charge is -2.39. The number of hydrogen-bond donors (Lipinski definition) is 6. The summed E-state index contributed by atoms with van der Waals surface area (Å²) in [6.07, 6.45) is 0.615. The number of piperidine rings is 1. The molecule has 27 heteroatoms. The number of hydrogen-bond acceptors (Lipinski definition) is 15. The maximum atomic E-state index is 15.6. The van der Waals surface area contributed by atoms with Crippen LogP contribution in [0.1, 0.15) is 159 Å². The molecule has 2 aliphatic rings. The van der Waals surface area contributed by atoms with Crippen LogP contribution < -0.4 is 21.3 Å². The molecule has 4 rings (SSSR count). The highest BCUT2D eigenvalue weighted by molar-refractivity contribution is 6.00. The predicted octanol–water partition coefficient (Wildman–Crippen LogP) is 3.40. The van der Waals surface area contributed by atoms with E-state index < -0.39 is 168 Å². The van der Waals surface area contributed by atoms with Crippen LogP contribution in [-0.4, -0.2) is 274 Å². The monoisotopic (exact) mass is 1440 g/mol. The van der Waals surface area contributed by atoms with Gasteiger partial charge in [0.15, 0.2) is 0 Å². The summed E-state index contributed by atoms with van der Waals surface area (Å²) in [6, 6.07) is 3.79. The van der Waals surface area contributed by atoms with Crippen LogP contribution in [0.5, 0.6) is 0 Å². The standard InChI is InChI=1S/C76H122N12O15/c1-20-35-88-44-63(91)82(15)58(39-48(5)6)67(93)78-56(72(98)87-36-29-24-30-37-87)43-62(90)81(14)51(10)66(92)79-57(45-103-46-76(12,13)102)71(97)84(17)60(40-49(7)8)73(99)83(16)59(41-53-31-25-22-26-32-53)68(94)77-55(38-47(3)4)70(96)85(18)61(42-54-33-27-23-28-34-54)74(100)86(19)65(50(9)21-2)69(95)80-64(52(11)89)75(88)101/h22-23,25-28,31-34,47-52,55-61,64-65,89,102H,20-21,24,29-30,35-46H2,1-19H3,(H,77,94)(H,78,93)(H,79,92)(H,80,95)/t50-,51-,52+,55-,56-,57-,58-,59-,60-,61-,64-,65-/m0/s1. The summed E-state index contributed by atoms with van der Waals surface area (Å²) in [4.78, 5) is 191. The first-order chi connectivity index (χ1) is 48.3. The number of ether oxygens (including phenoxy) is 1. The highest BCUT2D eigenvalue weighted by Gasteiger charge is 2.45. The van der Waals surface area contributed by atoms with E-state index >= 15 is 28.8 Å². The lowest BCUT2D eigenvalue weighted by molar-refractivity contribution is -0.152. The van der Waals surface area contributed by atoms with Crippen LogP contribution in [0.3, 0.4) is 0 Å². The zero-order valence-electron chi connectivity index (χ0n) is 64.7. The molecule has 2 heterocycles. The van der Waals surface area contributed by atoms with Crippen LogP contribution in [0.25, 0.3) is 0 Å². The number of carbonyl (C=O) groups is 12. The minimum absolute atomic E-state index is 0.0451. The predicted molar refractivity (Wildman–Crippen MR) is 392 cm³/mol. The summed E-state index contributed by atoms with van der Waals surface area (Å²) in [5.41, 5.74) is -0.115. The third-order valence-corrected chi connectivity index (χ3v) is 19.5. The van der Waals surface area contributed by atoms with Crippen molar-refractivity contribution < 1.29 is 72.5 Å². The van der Waals surface area contributed by atoms with Crippen molar-refractivity contribution in [1.82, 2.24) is 60.5 Å². The number of carbonyl (C=O) groups excluding carboxylic acids is 12. The first-order valence-electron chi connectivity index (χ1n) is 36.7. The van der Waals surface area contributed by atoms with E-state index in [4.69, 9.17) is 4.74 Å². The molecule has 0 aliphatic carbocycles. The molecular formula is C76H122N12O15. The number of amides is 12. The van der Waals surface area contributed by atoms with Gasteiger partial charge in [0.25, 0.3) is 0 Å². The molecule has 6 N–H and O–H groups in total. The van der Waals surface area contributed by atoms with Crippen LogP contribution in [0.15, 0.2) is 60.7 Å². The molecule has 27 nitrogen and oxygen atoms in total. The van der Waals surface area contributed by atoms with Crippen LogP contribution in [0.2, 0.25) is 0 Å². The Morgan fingerprint density at radius 3 is 1.54 bits per heavy atom. The van der Waals surface area contributed by atoms with Gasteiger partial charge in [-0.1, -0.05) is 129 Å². The second kappa shape index (κ2) is 40.9. The molecule has 0 aromatic heterocycles. The SMILES string of the molecule is CCCN1CC(=O)N(C)[C@@H](CC(C)C)C(=O)N[C@H](C(=O)N2CCCCC2)CC(=O)N(C)[C@@H](C)C(=O)N[C@@H](COCC(C)(C)O)C(=O)N(C)[C@@H](CC(C)C)C(=O)N(C)[C@@H](Cc2ccccc2)C(=O)N[C@@H](CC(C)C)C(=O)N(C)[C@@H](Cc2ccccc2)C(=O)N(C)[C@@H]([C@@H](C)CC)C(=O)N[C@@H]([C@@H](C)O)C1=O. The van der Waals surface area contributed by atoms with Gasteiger partial charge in [-0.3, -0.25) is 57.5 Å². The van der Waals surface area contributed by atoms with Crippen LogP contribution in [0, 0.1) is 23.7 Å². The molecule has 2 saturated heterocycles. The quantitative estimate of drug-likeness (QED) is 0.111. The van der Waals surface area contributed by atoms with Crippen molar-refractivity contribution >= 4 is 70.9 Å². The molecule has 0 radical (unpaired) electrons. The maximum absolute atomic E-state index is 15.6. The number of aliphatic hydroxyl groups excluding tert-OH is 1. The largest absolute Gasteiger partial charge is 0.391 e. The van der Waals surface area contributed by atoms with Crippen molar-refractivity contribution in [3.05, 3.63) is 71.8 Å². The molecule has 12 atom stereocenters. The molecule has 2 aromatic rings. The Bertz CT molecular complexity index is 3160. The summed E-state index contributed by atoms with van der Waals surface area (Å²) >= 11 is 0. The fraction of sp³-hybridized carbons (Fsp3) is 0.684. The van der Waals surface area contributed by atoms with Crippen molar-refractivity contribution in [3.8, 4) is 0 Å². The minimum Gasteiger partial charge on any atom is -0.391 e. The number of rotatable bonds is 20. The number of aliphatic hydroxyl groups is 2. The van der Waals surface area contributed by atoms with Crippen LogP contribution in [0.4, 0.5) is 0 Å². The average molecular weight is 1440 g/mol. The highest BCUT2D eigenvalue weighted by Crippen LogP contribution is 2.25. The number of benzene rings is 2. The van der Waals surface area contributed by atoms with E-state index in [-0.39, 0.29) is 63.0 Å². The number of nitrogens with one attached hydrogen (secondary N) is 4. The van der Waals surface area contributed by atoms with Gasteiger partial charge in [-0.05, 0) is 107 Å². The van der Waals surface area contributed by atoms with Gasteiger partial charge in [0.05, 0.1) is 37.9 Å². The Kier molecular flexibility index (Phi) is 34.7. The van der Waals surface area contributed by atoms with Gasteiger partial charge < -0.3 is 75.4 Å². The molecule has 2 fully saturated rings. The van der Waals surface area contributed by atoms with Crippen molar-refractivity contribution in [2.45, 2.75) is 233 Å². The Morgan fingerprint density at radius 1 is 0.544 bits per heavy atom. The molecule has 0 saturated carbocycles. The smallest absolute Gasteiger partial charge is 0.248 e. The van der Waals surface area contributed by atoms with E-state index in [1.54, 1.807) is 79.4 Å². The minimum atomic E-state index is -1.68. The topological polar surface area (TPSA) is 329 Å². The molecule has 0 unspecified atom stereocenters. The van der Waals surface area contributed by atoms with E-state index in [1.807, 2.05) is 48.5 Å². The van der Waals surface area contributed by atoms with Crippen molar-refractivity contribution in [2.75, 3.05) is 81.7 Å². The van der Waals surface area contributed by atoms with Gasteiger partial charge in [-0.2, -0.15) is 0 Å². The molecule has 2 aromatic carbocycles. The molecule has 0 bridgehead atoms. The van der Waals surface area contributed by atoms with E-state index in [1.165, 1.54) is 94.5 Å². The normalized spacial score (nSPS) is 25.1. The molecular weight excluding hydrogens is 1320 g/mol. The van der Waals surface area contributed by atoms with Crippen LogP contribution in [-0.2, 0) is 75.1 Å². The second-order valence-electron chi connectivity index (χ2n) is 30.2. The fourth-order valence-electron chi connectivity index (χ4n) is 13.0. The first kappa shape index (κ1) is 87.4. The Balaban J connectivity index is 2.02. The first-order valence-corrected chi connectivity index (χ1v) is 36.7. The fourth-order valence-corrected chi connectivity index (χ4v) is 13.0. The average Bonchev–Trinajstić information content (AvgIpc) is 0.811. The van der Waals surface area contributed by atoms with Crippen molar-refractivity contribution in [1.29, 1.82) is 0 Å². The highest BCUT2D eigenvalue weighted by atomic mass is 16.5. The van der Waals surface area contributed by atoms with Crippen molar-refractivity contribution in [2.24, 2.45) is 23.7 Å². The number of likely N-dealkylation sites (N-methyl/N-ethyl adjacent to an activating group) is 6. The van der Waals surface area contributed by atoms with E-state index in [0.717, 1.165) is 16.2 Å². The number of nitrogens with zero attached hydrogens (tertiary/aromatic N) is 8. The summed E-state index contributed by atoms with van der Waals surface area (Å²) < 4.78 is 5.89. The Labute approximate surface area is 611 Å². The van der Waals surface area contributed by atoms with Gasteiger partial charge >= 0.3 is 0 Å². The van der Waals surface area contributed by atoms with Gasteiger partial charge in [0, 0.05) is 74.8 Å². The van der Waals surface area contributed by atoms with E-state index in [2.05, 4.69) is 21.3 Å². The second-order valence-corrected chi connectivity index (χ2v) is 30.2. The van der Waals surface area contributed by atoms with Crippen LogP contribution >= 0.6 is 0 Å². The van der Waals surface area contributed by atoms with E-state index in [0.29, 0.717) is 49.9 Å². The lowest BCUT2D eigenvalue weighted by atomic mass is 9.94. The maximum Gasteiger partial charge on any atom is 0.248 e. The third-order valence-electron chi connectivity index (χ3n) is 19.5. The molecule has 103 heavy (non-hydrogen) atoms. The van der Waals surface area contributed by atoms with Gasteiger partial charge in [-0.15, -0.1) is 0 Å². The Morgan fingerprint density at radius 2 is 1.03 bits per heavy atom. The third kappa shape index (κ3) is 25.7. The van der Waals surface area contributed by atoms with Gasteiger partial charge in [0.1, 0.15) is 60.4 Å². The van der Waals surface area contributed by atoms with Gasteiger partial charge in [-0.25, -0.2) is 0 Å². The Hall–Kier alpha value is -8.04. The summed E-state index contributed by atoms with van der Waals surface area (Å²) in [5.74, 6) is -10.3. The zero-order chi connectivity index (χ0) is 77.5. The summed E-state index contributed by atoms with van der Waals surface area (Å²) in [5, 5.41) is 33.4. The molecule has 2 aliphatic heterocycles. The van der Waals surface area contributed by atoms with Gasteiger partial charge in [0.2, 0.25) is 70.9 Å². The van der Waals surface area contributed by atoms with Crippen molar-refractivity contribution in [3.63, 3.8) is 0 Å². The molecule has 0 spiro atoms. The molecule has 12 amide bonds. The summed E-state index contributed by atoms with van der Waals surface area (Å²) in [6.45, 7) is 21.2. The number of likely N-dealkylation sites (tertiary alicyclic amines) is 1. The molecule has 576 valence electrons. The summed E-state index contributed by atoms with van der Waals surface area (Å²) in [7, 11) is 8.37. The zero-order valence-corrected chi connectivity index (χ0v) is 64.7.